The lowest BCUT2D eigenvalue weighted by molar-refractivity contribution is -0.148. The number of nitrogens with one attached hydrogen (secondary N) is 1. The molecule has 0 unspecified atom stereocenters. The van der Waals surface area contributed by atoms with Crippen molar-refractivity contribution >= 4 is 11.9 Å². The molecule has 8 heteroatoms. The average Bonchev–Trinajstić information content (AvgIpc) is 2.75. The zero-order valence-corrected chi connectivity index (χ0v) is 17.5. The van der Waals surface area contributed by atoms with Gasteiger partial charge in [-0.3, -0.25) is 9.59 Å². The summed E-state index contributed by atoms with van der Waals surface area (Å²) in [6.45, 7) is 3.84. The number of carbonyl (C=O) groups is 2. The number of aromatic nitrogens is 2. The summed E-state index contributed by atoms with van der Waals surface area (Å²) in [6.07, 6.45) is 6.13. The fourth-order valence-electron chi connectivity index (χ4n) is 3.88. The summed E-state index contributed by atoms with van der Waals surface area (Å²) in [5.74, 6) is 0.716. The van der Waals surface area contributed by atoms with Crippen molar-refractivity contribution in [1.82, 2.24) is 15.3 Å². The third-order valence-corrected chi connectivity index (χ3v) is 5.19. The minimum atomic E-state index is -0.299. The molecule has 30 heavy (non-hydrogen) atoms. The Kier molecular flexibility index (Phi) is 7.21. The van der Waals surface area contributed by atoms with E-state index in [9.17, 15) is 9.59 Å². The van der Waals surface area contributed by atoms with Crippen LogP contribution in [0.5, 0.6) is 11.5 Å². The zero-order valence-electron chi connectivity index (χ0n) is 17.5. The smallest absolute Gasteiger partial charge is 0.302 e. The highest BCUT2D eigenvalue weighted by molar-refractivity contribution is 5.93. The van der Waals surface area contributed by atoms with Gasteiger partial charge in [0.15, 0.2) is 11.5 Å². The van der Waals surface area contributed by atoms with Gasteiger partial charge in [-0.05, 0) is 43.9 Å². The van der Waals surface area contributed by atoms with Gasteiger partial charge >= 0.3 is 5.97 Å². The molecule has 0 radical (unpaired) electrons. The number of hydrogen-bond acceptors (Lipinski definition) is 7. The van der Waals surface area contributed by atoms with E-state index in [2.05, 4.69) is 15.3 Å². The van der Waals surface area contributed by atoms with Crippen LogP contribution in [-0.2, 0) is 9.53 Å². The number of nitrogens with zero attached hydrogens (tertiary/aromatic N) is 2. The fraction of sp³-hybridized carbons (Fsp3) is 0.455. The first-order valence-corrected chi connectivity index (χ1v) is 10.1. The number of benzene rings is 1. The molecule has 0 bridgehead atoms. The van der Waals surface area contributed by atoms with Crippen LogP contribution >= 0.6 is 0 Å². The number of amides is 1. The summed E-state index contributed by atoms with van der Waals surface area (Å²) in [5, 5.41) is 3.11. The number of rotatable bonds is 7. The molecule has 3 rings (SSSR count). The second-order valence-electron chi connectivity index (χ2n) is 7.20. The van der Waals surface area contributed by atoms with Crippen LogP contribution in [0.4, 0.5) is 0 Å². The molecule has 1 N–H and O–H groups in total. The van der Waals surface area contributed by atoms with E-state index in [-0.39, 0.29) is 29.9 Å². The van der Waals surface area contributed by atoms with E-state index in [1.807, 2.05) is 25.1 Å². The highest BCUT2D eigenvalue weighted by Crippen LogP contribution is 2.38. The molecule has 1 amide bonds. The van der Waals surface area contributed by atoms with E-state index in [1.54, 1.807) is 7.11 Å². The molecular weight excluding hydrogens is 386 g/mol. The van der Waals surface area contributed by atoms with Crippen LogP contribution < -0.4 is 14.8 Å². The van der Waals surface area contributed by atoms with Crippen molar-refractivity contribution in [3.05, 3.63) is 48.0 Å². The number of methoxy groups -OCH3 is 1. The monoisotopic (exact) mass is 413 g/mol. The van der Waals surface area contributed by atoms with Crippen LogP contribution in [0.3, 0.4) is 0 Å². The Morgan fingerprint density at radius 3 is 2.60 bits per heavy atom. The van der Waals surface area contributed by atoms with Crippen molar-refractivity contribution in [2.24, 2.45) is 0 Å². The molecule has 3 atom stereocenters. The predicted octanol–water partition coefficient (Wildman–Crippen LogP) is 2.88. The Morgan fingerprint density at radius 1 is 1.17 bits per heavy atom. The van der Waals surface area contributed by atoms with Gasteiger partial charge in [0.25, 0.3) is 5.91 Å². The molecule has 1 aromatic carbocycles. The SMILES string of the molecule is CCOc1cc([C@H]2C[C@H](OC(C)=O)CC[C@H]2NC(=O)c2cncnc2)ccc1OC. The van der Waals surface area contributed by atoms with Crippen LogP contribution in [0.1, 0.15) is 54.9 Å². The van der Waals surface area contributed by atoms with Crippen LogP contribution in [-0.4, -0.2) is 47.7 Å². The molecule has 2 aromatic rings. The molecule has 1 heterocycles. The zero-order chi connectivity index (χ0) is 21.5. The maximum atomic E-state index is 12.7. The normalized spacial score (nSPS) is 20.8. The van der Waals surface area contributed by atoms with E-state index in [4.69, 9.17) is 14.2 Å². The second kappa shape index (κ2) is 10.0. The van der Waals surface area contributed by atoms with E-state index in [0.29, 0.717) is 42.9 Å². The Labute approximate surface area is 176 Å². The molecule has 8 nitrogen and oxygen atoms in total. The van der Waals surface area contributed by atoms with Crippen molar-refractivity contribution in [3.63, 3.8) is 0 Å². The standard InChI is InChI=1S/C22H27N3O5/c1-4-29-21-9-15(5-8-20(21)28-3)18-10-17(30-14(2)26)6-7-19(18)25-22(27)16-11-23-13-24-12-16/h5,8-9,11-13,17-19H,4,6-7,10H2,1-3H3,(H,25,27)/t17-,18-,19-/m1/s1. The van der Waals surface area contributed by atoms with Crippen LogP contribution in [0.25, 0.3) is 0 Å². The summed E-state index contributed by atoms with van der Waals surface area (Å²) in [4.78, 5) is 32.0. The molecule has 160 valence electrons. The van der Waals surface area contributed by atoms with Gasteiger partial charge in [-0.15, -0.1) is 0 Å². The van der Waals surface area contributed by atoms with Gasteiger partial charge in [0.2, 0.25) is 0 Å². The van der Waals surface area contributed by atoms with E-state index >= 15 is 0 Å². The van der Waals surface area contributed by atoms with E-state index in [1.165, 1.54) is 25.6 Å². The van der Waals surface area contributed by atoms with Crippen molar-refractivity contribution in [1.29, 1.82) is 0 Å². The molecule has 0 saturated heterocycles. The molecule has 1 fully saturated rings. The Balaban J connectivity index is 1.87. The number of hydrogen-bond donors (Lipinski definition) is 1. The van der Waals surface area contributed by atoms with Gasteiger partial charge in [0.1, 0.15) is 12.4 Å². The number of carbonyl (C=O) groups excluding carboxylic acids is 2. The first-order valence-electron chi connectivity index (χ1n) is 10.1. The van der Waals surface area contributed by atoms with Crippen molar-refractivity contribution in [2.75, 3.05) is 13.7 Å². The first-order chi connectivity index (χ1) is 14.5. The van der Waals surface area contributed by atoms with Gasteiger partial charge in [0, 0.05) is 31.3 Å². The van der Waals surface area contributed by atoms with Gasteiger partial charge in [0.05, 0.1) is 19.3 Å². The van der Waals surface area contributed by atoms with Crippen molar-refractivity contribution < 1.29 is 23.8 Å². The van der Waals surface area contributed by atoms with Gasteiger partial charge in [-0.1, -0.05) is 6.07 Å². The lowest BCUT2D eigenvalue weighted by atomic mass is 9.78. The highest BCUT2D eigenvalue weighted by Gasteiger charge is 2.34. The summed E-state index contributed by atoms with van der Waals surface area (Å²) in [7, 11) is 1.60. The minimum absolute atomic E-state index is 0.0539. The van der Waals surface area contributed by atoms with Crippen molar-refractivity contribution in [3.8, 4) is 11.5 Å². The largest absolute Gasteiger partial charge is 0.493 e. The Bertz CT molecular complexity index is 874. The lowest BCUT2D eigenvalue weighted by Gasteiger charge is -2.36. The van der Waals surface area contributed by atoms with E-state index < -0.39 is 0 Å². The molecule has 1 aliphatic carbocycles. The third kappa shape index (κ3) is 5.25. The van der Waals surface area contributed by atoms with Crippen LogP contribution in [0, 0.1) is 0 Å². The first kappa shape index (κ1) is 21.5. The summed E-state index contributed by atoms with van der Waals surface area (Å²) < 4.78 is 16.6. The number of ether oxygens (including phenoxy) is 3. The topological polar surface area (TPSA) is 99.6 Å². The summed E-state index contributed by atoms with van der Waals surface area (Å²) in [5.41, 5.74) is 1.40. The summed E-state index contributed by atoms with van der Waals surface area (Å²) in [6, 6.07) is 5.63. The van der Waals surface area contributed by atoms with E-state index in [0.717, 1.165) is 5.56 Å². The molecule has 1 aliphatic rings. The van der Waals surface area contributed by atoms with Crippen LogP contribution in [0.15, 0.2) is 36.9 Å². The highest BCUT2D eigenvalue weighted by atomic mass is 16.5. The third-order valence-electron chi connectivity index (χ3n) is 5.19. The fourth-order valence-corrected chi connectivity index (χ4v) is 3.88. The minimum Gasteiger partial charge on any atom is -0.493 e. The Morgan fingerprint density at radius 2 is 1.93 bits per heavy atom. The van der Waals surface area contributed by atoms with Gasteiger partial charge in [-0.25, -0.2) is 9.97 Å². The average molecular weight is 413 g/mol. The van der Waals surface area contributed by atoms with Crippen LogP contribution in [0.2, 0.25) is 0 Å². The maximum Gasteiger partial charge on any atom is 0.302 e. The second-order valence-corrected chi connectivity index (χ2v) is 7.20. The lowest BCUT2D eigenvalue weighted by Crippen LogP contribution is -2.44. The molecular formula is C22H27N3O5. The van der Waals surface area contributed by atoms with Crippen molar-refractivity contribution in [2.45, 2.75) is 51.2 Å². The van der Waals surface area contributed by atoms with Gasteiger partial charge in [-0.2, -0.15) is 0 Å². The quantitative estimate of drug-likeness (QED) is 0.697. The van der Waals surface area contributed by atoms with Gasteiger partial charge < -0.3 is 19.5 Å². The molecule has 0 spiro atoms. The molecule has 1 aromatic heterocycles. The summed E-state index contributed by atoms with van der Waals surface area (Å²) >= 11 is 0. The maximum absolute atomic E-state index is 12.7. The predicted molar refractivity (Wildman–Crippen MR) is 110 cm³/mol. The Hall–Kier alpha value is -3.16. The molecule has 1 saturated carbocycles. The molecule has 0 aliphatic heterocycles. The number of esters is 1.